The molecule has 0 aliphatic heterocycles. The van der Waals surface area contributed by atoms with Crippen LogP contribution in [0, 0.1) is 17.3 Å². The summed E-state index contributed by atoms with van der Waals surface area (Å²) in [5.41, 5.74) is 1.82. The second kappa shape index (κ2) is 5.93. The third-order valence-electron chi connectivity index (χ3n) is 2.82. The lowest BCUT2D eigenvalue weighted by Crippen LogP contribution is -2.26. The molecular formula is C15H12FN3O. The highest BCUT2D eigenvalue weighted by Crippen LogP contribution is 2.09. The average molecular weight is 269 g/mol. The first-order chi connectivity index (χ1) is 9.60. The van der Waals surface area contributed by atoms with Gasteiger partial charge in [0, 0.05) is 19.8 Å². The molecule has 20 heavy (non-hydrogen) atoms. The molecule has 4 nitrogen and oxygen atoms in total. The van der Waals surface area contributed by atoms with Crippen LogP contribution in [0.2, 0.25) is 0 Å². The van der Waals surface area contributed by atoms with Gasteiger partial charge in [-0.2, -0.15) is 9.65 Å². The Morgan fingerprint density at radius 1 is 1.30 bits per heavy atom. The molecule has 0 N–H and O–H groups in total. The monoisotopic (exact) mass is 269 g/mol. The van der Waals surface area contributed by atoms with Gasteiger partial charge in [0.2, 0.25) is 5.95 Å². The van der Waals surface area contributed by atoms with E-state index in [4.69, 9.17) is 5.26 Å². The Bertz CT molecular complexity index is 644. The molecule has 0 fully saturated rings. The molecular weight excluding hydrogens is 257 g/mol. The van der Waals surface area contributed by atoms with E-state index in [1.54, 1.807) is 31.3 Å². The summed E-state index contributed by atoms with van der Waals surface area (Å²) in [7, 11) is 1.66. The maximum atomic E-state index is 12.7. The molecule has 1 aromatic carbocycles. The van der Waals surface area contributed by atoms with Crippen LogP contribution in [0.15, 0.2) is 42.6 Å². The molecule has 1 amide bonds. The van der Waals surface area contributed by atoms with E-state index in [2.05, 4.69) is 4.98 Å². The fourth-order valence-corrected chi connectivity index (χ4v) is 1.75. The third-order valence-corrected chi connectivity index (χ3v) is 2.82. The fourth-order valence-electron chi connectivity index (χ4n) is 1.75. The minimum atomic E-state index is -0.615. The Hall–Kier alpha value is -2.74. The lowest BCUT2D eigenvalue weighted by atomic mass is 10.1. The number of nitriles is 1. The molecule has 2 rings (SSSR count). The largest absolute Gasteiger partial charge is 0.337 e. The molecule has 0 radical (unpaired) electrons. The predicted octanol–water partition coefficient (Wildman–Crippen LogP) is 2.36. The van der Waals surface area contributed by atoms with E-state index >= 15 is 0 Å². The van der Waals surface area contributed by atoms with Crippen molar-refractivity contribution in [3.63, 3.8) is 0 Å². The number of hydrogen-bond donors (Lipinski definition) is 0. The van der Waals surface area contributed by atoms with Crippen LogP contribution < -0.4 is 0 Å². The second-order valence-corrected chi connectivity index (χ2v) is 4.34. The van der Waals surface area contributed by atoms with Gasteiger partial charge in [0.15, 0.2) is 0 Å². The lowest BCUT2D eigenvalue weighted by molar-refractivity contribution is 0.0784. The van der Waals surface area contributed by atoms with Crippen molar-refractivity contribution in [3.05, 3.63) is 65.2 Å². The van der Waals surface area contributed by atoms with Crippen molar-refractivity contribution < 1.29 is 9.18 Å². The van der Waals surface area contributed by atoms with Gasteiger partial charge in [0.05, 0.1) is 17.2 Å². The highest BCUT2D eigenvalue weighted by Gasteiger charge is 2.12. The number of pyridine rings is 1. The van der Waals surface area contributed by atoms with Gasteiger partial charge in [0.25, 0.3) is 5.91 Å². The summed E-state index contributed by atoms with van der Waals surface area (Å²) in [5.74, 6) is -0.849. The molecule has 0 saturated carbocycles. The minimum absolute atomic E-state index is 0.234. The third kappa shape index (κ3) is 3.18. The number of carbonyl (C=O) groups excluding carboxylic acids is 1. The standard InChI is InChI=1S/C15H12FN3O/c1-19(10-12-4-2-11(8-17)3-5-12)15(20)13-6-7-14(16)18-9-13/h2-7,9H,10H2,1H3. The smallest absolute Gasteiger partial charge is 0.255 e. The number of halogens is 1. The fraction of sp³-hybridized carbons (Fsp3) is 0.133. The Morgan fingerprint density at radius 3 is 2.55 bits per heavy atom. The molecule has 1 heterocycles. The molecule has 0 aliphatic rings. The van der Waals surface area contributed by atoms with Crippen LogP contribution in [0.1, 0.15) is 21.5 Å². The van der Waals surface area contributed by atoms with Crippen LogP contribution in [0.4, 0.5) is 4.39 Å². The van der Waals surface area contributed by atoms with Crippen molar-refractivity contribution in [1.29, 1.82) is 5.26 Å². The van der Waals surface area contributed by atoms with Gasteiger partial charge in [-0.3, -0.25) is 4.79 Å². The van der Waals surface area contributed by atoms with Crippen LogP contribution in [0.5, 0.6) is 0 Å². The Labute approximate surface area is 116 Å². The first-order valence-corrected chi connectivity index (χ1v) is 5.96. The van der Waals surface area contributed by atoms with E-state index in [1.807, 2.05) is 6.07 Å². The van der Waals surface area contributed by atoms with Gasteiger partial charge < -0.3 is 4.90 Å². The molecule has 0 unspecified atom stereocenters. The van der Waals surface area contributed by atoms with Gasteiger partial charge in [-0.25, -0.2) is 4.98 Å². The van der Waals surface area contributed by atoms with Crippen molar-refractivity contribution >= 4 is 5.91 Å². The highest BCUT2D eigenvalue weighted by atomic mass is 19.1. The van der Waals surface area contributed by atoms with E-state index < -0.39 is 5.95 Å². The summed E-state index contributed by atoms with van der Waals surface area (Å²) in [6, 6.07) is 11.6. The van der Waals surface area contributed by atoms with E-state index in [0.29, 0.717) is 17.7 Å². The van der Waals surface area contributed by atoms with Crippen molar-refractivity contribution in [3.8, 4) is 6.07 Å². The summed E-state index contributed by atoms with van der Waals surface area (Å²) in [6.07, 6.45) is 1.22. The topological polar surface area (TPSA) is 57.0 Å². The summed E-state index contributed by atoms with van der Waals surface area (Å²) in [5, 5.41) is 8.72. The normalized spacial score (nSPS) is 9.85. The van der Waals surface area contributed by atoms with E-state index in [1.165, 1.54) is 17.2 Å². The molecule has 0 spiro atoms. The van der Waals surface area contributed by atoms with Gasteiger partial charge in [-0.05, 0) is 29.8 Å². The van der Waals surface area contributed by atoms with Crippen molar-refractivity contribution in [2.24, 2.45) is 0 Å². The number of benzene rings is 1. The Balaban J connectivity index is 2.07. The van der Waals surface area contributed by atoms with Gasteiger partial charge >= 0.3 is 0 Å². The first-order valence-electron chi connectivity index (χ1n) is 5.96. The number of carbonyl (C=O) groups is 1. The summed E-state index contributed by atoms with van der Waals surface area (Å²) in [6.45, 7) is 0.405. The number of rotatable bonds is 3. The van der Waals surface area contributed by atoms with Crippen LogP contribution in [-0.2, 0) is 6.54 Å². The van der Waals surface area contributed by atoms with Crippen LogP contribution in [-0.4, -0.2) is 22.8 Å². The molecule has 0 aliphatic carbocycles. The summed E-state index contributed by atoms with van der Waals surface area (Å²) < 4.78 is 12.7. The SMILES string of the molecule is CN(Cc1ccc(C#N)cc1)C(=O)c1ccc(F)nc1. The number of hydrogen-bond acceptors (Lipinski definition) is 3. The van der Waals surface area contributed by atoms with Crippen LogP contribution in [0.25, 0.3) is 0 Å². The summed E-state index contributed by atoms with van der Waals surface area (Å²) >= 11 is 0. The van der Waals surface area contributed by atoms with Gasteiger partial charge in [-0.1, -0.05) is 12.1 Å². The second-order valence-electron chi connectivity index (χ2n) is 4.34. The average Bonchev–Trinajstić information content (AvgIpc) is 2.48. The molecule has 2 aromatic rings. The number of amides is 1. The number of aromatic nitrogens is 1. The van der Waals surface area contributed by atoms with Gasteiger partial charge in [-0.15, -0.1) is 0 Å². The molecule has 1 aromatic heterocycles. The zero-order valence-electron chi connectivity index (χ0n) is 10.9. The molecule has 0 saturated heterocycles. The first kappa shape index (κ1) is 13.7. The minimum Gasteiger partial charge on any atom is -0.337 e. The van der Waals surface area contributed by atoms with Gasteiger partial charge in [0.1, 0.15) is 0 Å². The van der Waals surface area contributed by atoms with Crippen molar-refractivity contribution in [2.45, 2.75) is 6.54 Å². The predicted molar refractivity (Wildman–Crippen MR) is 71.1 cm³/mol. The Kier molecular flexibility index (Phi) is 4.06. The maximum absolute atomic E-state index is 12.7. The summed E-state index contributed by atoms with van der Waals surface area (Å²) in [4.78, 5) is 17.1. The van der Waals surface area contributed by atoms with E-state index in [9.17, 15) is 9.18 Å². The lowest BCUT2D eigenvalue weighted by Gasteiger charge is -2.17. The molecule has 5 heteroatoms. The van der Waals surface area contributed by atoms with Crippen LogP contribution >= 0.6 is 0 Å². The maximum Gasteiger partial charge on any atom is 0.255 e. The number of nitrogens with zero attached hydrogens (tertiary/aromatic N) is 3. The highest BCUT2D eigenvalue weighted by molar-refractivity contribution is 5.93. The molecule has 0 bridgehead atoms. The van der Waals surface area contributed by atoms with Crippen molar-refractivity contribution in [2.75, 3.05) is 7.05 Å². The molecule has 100 valence electrons. The van der Waals surface area contributed by atoms with E-state index in [-0.39, 0.29) is 5.91 Å². The zero-order valence-corrected chi connectivity index (χ0v) is 10.9. The Morgan fingerprint density at radius 2 is 2.00 bits per heavy atom. The zero-order chi connectivity index (χ0) is 14.5. The van der Waals surface area contributed by atoms with Crippen LogP contribution in [0.3, 0.4) is 0 Å². The van der Waals surface area contributed by atoms with Crippen molar-refractivity contribution in [1.82, 2.24) is 9.88 Å². The van der Waals surface area contributed by atoms with E-state index in [0.717, 1.165) is 11.6 Å². The quantitative estimate of drug-likeness (QED) is 0.804. The molecule has 0 atom stereocenters.